The summed E-state index contributed by atoms with van der Waals surface area (Å²) in [7, 11) is 0. The average Bonchev–Trinajstić information content (AvgIpc) is 2.96. The van der Waals surface area contributed by atoms with Gasteiger partial charge in [-0.15, -0.1) is 0 Å². The first kappa shape index (κ1) is 20.0. The molecular weight excluding hydrogens is 406 g/mol. The van der Waals surface area contributed by atoms with E-state index in [1.54, 1.807) is 25.1 Å². The molecule has 0 fully saturated rings. The highest BCUT2D eigenvalue weighted by Crippen LogP contribution is 2.22. The van der Waals surface area contributed by atoms with Crippen molar-refractivity contribution in [3.05, 3.63) is 81.1 Å². The van der Waals surface area contributed by atoms with Crippen LogP contribution >= 0.6 is 23.2 Å². The van der Waals surface area contributed by atoms with E-state index in [2.05, 4.69) is 4.98 Å². The zero-order valence-corrected chi connectivity index (χ0v) is 16.5. The second-order valence-electron chi connectivity index (χ2n) is 6.06. The van der Waals surface area contributed by atoms with Crippen LogP contribution in [0.15, 0.2) is 42.5 Å². The highest BCUT2D eigenvalue weighted by atomic mass is 35.5. The summed E-state index contributed by atoms with van der Waals surface area (Å²) in [4.78, 5) is 28.5. The van der Waals surface area contributed by atoms with E-state index in [-0.39, 0.29) is 27.5 Å². The third-order valence-corrected chi connectivity index (χ3v) is 4.67. The van der Waals surface area contributed by atoms with Crippen LogP contribution < -0.4 is 0 Å². The summed E-state index contributed by atoms with van der Waals surface area (Å²) >= 11 is 11.7. The van der Waals surface area contributed by atoms with Crippen LogP contribution in [-0.4, -0.2) is 27.9 Å². The molecule has 3 aromatic rings. The SMILES string of the molecule is Cc1cc(C(=O)COC(=O)c2nc(Cl)ccc2Cl)c(C)n1-c1ccc(F)cc1. The molecule has 3 rings (SSSR count). The Balaban J connectivity index is 1.78. The van der Waals surface area contributed by atoms with Crippen molar-refractivity contribution in [3.8, 4) is 5.69 Å². The standard InChI is InChI=1S/C20H15Cl2FN2O3/c1-11-9-15(12(2)25(11)14-5-3-13(23)4-6-14)17(26)10-28-20(27)19-16(21)7-8-18(22)24-19/h3-9H,10H2,1-2H3. The summed E-state index contributed by atoms with van der Waals surface area (Å²) in [5.74, 6) is -1.57. The normalized spacial score (nSPS) is 10.8. The Bertz CT molecular complexity index is 1060. The van der Waals surface area contributed by atoms with Gasteiger partial charge in [-0.3, -0.25) is 4.79 Å². The first-order chi connectivity index (χ1) is 13.3. The Labute approximate surface area is 170 Å². The number of pyridine rings is 1. The van der Waals surface area contributed by atoms with Crippen molar-refractivity contribution in [2.45, 2.75) is 13.8 Å². The largest absolute Gasteiger partial charge is 0.453 e. The number of benzene rings is 1. The fraction of sp³-hybridized carbons (Fsp3) is 0.150. The first-order valence-electron chi connectivity index (χ1n) is 8.25. The topological polar surface area (TPSA) is 61.2 Å². The van der Waals surface area contributed by atoms with Crippen molar-refractivity contribution in [1.82, 2.24) is 9.55 Å². The van der Waals surface area contributed by atoms with Gasteiger partial charge in [-0.1, -0.05) is 23.2 Å². The van der Waals surface area contributed by atoms with E-state index in [0.717, 1.165) is 11.4 Å². The molecule has 0 unspecified atom stereocenters. The van der Waals surface area contributed by atoms with Gasteiger partial charge in [0.25, 0.3) is 0 Å². The van der Waals surface area contributed by atoms with Gasteiger partial charge in [0.05, 0.1) is 5.02 Å². The zero-order valence-electron chi connectivity index (χ0n) is 15.0. The van der Waals surface area contributed by atoms with Crippen LogP contribution in [0, 0.1) is 19.7 Å². The van der Waals surface area contributed by atoms with Crippen LogP contribution in [0.25, 0.3) is 5.69 Å². The number of ether oxygens (including phenoxy) is 1. The summed E-state index contributed by atoms with van der Waals surface area (Å²) in [5.41, 5.74) is 2.42. The van der Waals surface area contributed by atoms with Crippen LogP contribution in [-0.2, 0) is 4.74 Å². The smallest absolute Gasteiger partial charge is 0.359 e. The van der Waals surface area contributed by atoms with Gasteiger partial charge in [0.2, 0.25) is 5.78 Å². The highest BCUT2D eigenvalue weighted by molar-refractivity contribution is 6.34. The number of Topliss-reactive ketones (excluding diaryl/α,β-unsaturated/α-hetero) is 1. The van der Waals surface area contributed by atoms with Gasteiger partial charge in [0.1, 0.15) is 11.0 Å². The molecule has 0 saturated carbocycles. The quantitative estimate of drug-likeness (QED) is 0.332. The zero-order chi connectivity index (χ0) is 20.4. The Morgan fingerprint density at radius 2 is 1.79 bits per heavy atom. The van der Waals surface area contributed by atoms with Crippen molar-refractivity contribution < 1.29 is 18.7 Å². The van der Waals surface area contributed by atoms with Crippen molar-refractivity contribution in [3.63, 3.8) is 0 Å². The van der Waals surface area contributed by atoms with Gasteiger partial charge < -0.3 is 9.30 Å². The second-order valence-corrected chi connectivity index (χ2v) is 6.85. The maximum atomic E-state index is 13.2. The summed E-state index contributed by atoms with van der Waals surface area (Å²) in [6, 6.07) is 10.5. The Hall–Kier alpha value is -2.70. The predicted octanol–water partition coefficient (Wildman–Crippen LogP) is 4.97. The van der Waals surface area contributed by atoms with E-state index >= 15 is 0 Å². The third kappa shape index (κ3) is 4.08. The molecule has 0 N–H and O–H groups in total. The average molecular weight is 421 g/mol. The number of hydrogen-bond acceptors (Lipinski definition) is 4. The molecule has 0 aliphatic carbocycles. The van der Waals surface area contributed by atoms with Crippen molar-refractivity contribution in [1.29, 1.82) is 0 Å². The third-order valence-electron chi connectivity index (χ3n) is 4.16. The van der Waals surface area contributed by atoms with Crippen molar-refractivity contribution in [2.24, 2.45) is 0 Å². The van der Waals surface area contributed by atoms with E-state index in [1.807, 2.05) is 11.5 Å². The molecule has 28 heavy (non-hydrogen) atoms. The molecule has 2 heterocycles. The van der Waals surface area contributed by atoms with Gasteiger partial charge in [0.15, 0.2) is 12.3 Å². The minimum Gasteiger partial charge on any atom is -0.453 e. The number of carbonyl (C=O) groups excluding carboxylic acids is 2. The van der Waals surface area contributed by atoms with E-state index in [1.165, 1.54) is 24.3 Å². The minimum absolute atomic E-state index is 0.0799. The van der Waals surface area contributed by atoms with Crippen LogP contribution in [0.2, 0.25) is 10.2 Å². The summed E-state index contributed by atoms with van der Waals surface area (Å²) in [6.45, 7) is 3.12. The number of aromatic nitrogens is 2. The Morgan fingerprint density at radius 1 is 1.11 bits per heavy atom. The molecule has 0 bridgehead atoms. The van der Waals surface area contributed by atoms with Gasteiger partial charge in [-0.05, 0) is 56.3 Å². The molecule has 0 saturated heterocycles. The molecule has 8 heteroatoms. The number of ketones is 1. The Morgan fingerprint density at radius 3 is 2.46 bits per heavy atom. The number of hydrogen-bond donors (Lipinski definition) is 0. The van der Waals surface area contributed by atoms with E-state index in [4.69, 9.17) is 27.9 Å². The fourth-order valence-electron chi connectivity index (χ4n) is 2.87. The molecule has 0 aliphatic rings. The van der Waals surface area contributed by atoms with Gasteiger partial charge >= 0.3 is 5.97 Å². The molecule has 0 spiro atoms. The lowest BCUT2D eigenvalue weighted by Gasteiger charge is -2.10. The number of nitrogens with zero attached hydrogens (tertiary/aromatic N) is 2. The van der Waals surface area contributed by atoms with Crippen LogP contribution in [0.3, 0.4) is 0 Å². The summed E-state index contributed by atoms with van der Waals surface area (Å²) in [6.07, 6.45) is 0. The molecule has 0 amide bonds. The van der Waals surface area contributed by atoms with Gasteiger partial charge in [-0.2, -0.15) is 0 Å². The molecule has 1 aromatic carbocycles. The molecule has 2 aromatic heterocycles. The lowest BCUT2D eigenvalue weighted by Crippen LogP contribution is -2.16. The van der Waals surface area contributed by atoms with Gasteiger partial charge in [-0.25, -0.2) is 14.2 Å². The van der Waals surface area contributed by atoms with E-state index in [9.17, 15) is 14.0 Å². The number of esters is 1. The predicted molar refractivity (Wildman–Crippen MR) is 104 cm³/mol. The van der Waals surface area contributed by atoms with Gasteiger partial charge in [0, 0.05) is 22.6 Å². The molecular formula is C20H15Cl2FN2O3. The minimum atomic E-state index is -0.840. The molecule has 0 atom stereocenters. The summed E-state index contributed by atoms with van der Waals surface area (Å²) in [5, 5.41) is 0.168. The molecule has 5 nitrogen and oxygen atoms in total. The fourth-order valence-corrected chi connectivity index (χ4v) is 3.20. The summed E-state index contributed by atoms with van der Waals surface area (Å²) < 4.78 is 20.0. The first-order valence-corrected chi connectivity index (χ1v) is 9.00. The molecule has 0 aliphatic heterocycles. The maximum absolute atomic E-state index is 13.2. The van der Waals surface area contributed by atoms with Crippen LogP contribution in [0.4, 0.5) is 4.39 Å². The van der Waals surface area contributed by atoms with E-state index in [0.29, 0.717) is 11.3 Å². The van der Waals surface area contributed by atoms with Crippen molar-refractivity contribution in [2.75, 3.05) is 6.61 Å². The number of carbonyl (C=O) groups is 2. The maximum Gasteiger partial charge on any atom is 0.359 e. The molecule has 144 valence electrons. The monoisotopic (exact) mass is 420 g/mol. The number of rotatable bonds is 5. The van der Waals surface area contributed by atoms with Crippen LogP contribution in [0.5, 0.6) is 0 Å². The molecule has 0 radical (unpaired) electrons. The van der Waals surface area contributed by atoms with E-state index < -0.39 is 12.6 Å². The Kier molecular flexibility index (Phi) is 5.82. The number of aryl methyl sites for hydroxylation is 1. The second kappa shape index (κ2) is 8.12. The number of halogens is 3. The van der Waals surface area contributed by atoms with Crippen LogP contribution in [0.1, 0.15) is 32.2 Å². The highest BCUT2D eigenvalue weighted by Gasteiger charge is 2.20. The lowest BCUT2D eigenvalue weighted by atomic mass is 10.1. The van der Waals surface area contributed by atoms with Crippen molar-refractivity contribution >= 4 is 35.0 Å². The lowest BCUT2D eigenvalue weighted by molar-refractivity contribution is 0.0469.